The van der Waals surface area contributed by atoms with Gasteiger partial charge in [0.15, 0.2) is 0 Å². The first kappa shape index (κ1) is 9.05. The molecule has 1 N–H and O–H groups in total. The van der Waals surface area contributed by atoms with Crippen molar-refractivity contribution in [2.75, 3.05) is 6.54 Å². The van der Waals surface area contributed by atoms with Crippen molar-refractivity contribution < 1.29 is 0 Å². The fourth-order valence-electron chi connectivity index (χ4n) is 1.87. The van der Waals surface area contributed by atoms with Crippen LogP contribution in [0.5, 0.6) is 0 Å². The Morgan fingerprint density at radius 2 is 2.09 bits per heavy atom. The summed E-state index contributed by atoms with van der Waals surface area (Å²) in [5.74, 6) is 0.852. The summed E-state index contributed by atoms with van der Waals surface area (Å²) in [4.78, 5) is 0. The minimum atomic E-state index is 0.817. The van der Waals surface area contributed by atoms with Crippen LogP contribution in [0.15, 0.2) is 0 Å². The first-order valence-electron chi connectivity index (χ1n) is 5.02. The Bertz CT molecular complexity index is 91.0. The third-order valence-electron chi connectivity index (χ3n) is 2.42. The molecule has 0 unspecified atom stereocenters. The molecule has 0 spiro atoms. The van der Waals surface area contributed by atoms with E-state index in [2.05, 4.69) is 19.2 Å². The highest BCUT2D eigenvalue weighted by Crippen LogP contribution is 2.14. The Morgan fingerprint density at radius 3 is 2.82 bits per heavy atom. The first-order valence-corrected chi connectivity index (χ1v) is 5.02. The van der Waals surface area contributed by atoms with E-state index in [-0.39, 0.29) is 0 Å². The average Bonchev–Trinajstić information content (AvgIpc) is 2.14. The normalized spacial score (nSPS) is 27.0. The fourth-order valence-corrected chi connectivity index (χ4v) is 1.87. The average molecular weight is 155 g/mol. The summed E-state index contributed by atoms with van der Waals surface area (Å²) in [6.07, 6.45) is 7.01. The lowest BCUT2D eigenvalue weighted by Gasteiger charge is -2.17. The van der Waals surface area contributed by atoms with Gasteiger partial charge in [0.25, 0.3) is 0 Å². The number of nitrogens with one attached hydrogen (secondary N) is 1. The van der Waals surface area contributed by atoms with E-state index in [0.717, 1.165) is 12.0 Å². The lowest BCUT2D eigenvalue weighted by atomic mass is 10.0. The molecule has 1 rings (SSSR count). The molecule has 1 saturated heterocycles. The van der Waals surface area contributed by atoms with Crippen LogP contribution in [0.2, 0.25) is 0 Å². The Balaban J connectivity index is 2.20. The van der Waals surface area contributed by atoms with Gasteiger partial charge in [0.05, 0.1) is 0 Å². The summed E-state index contributed by atoms with van der Waals surface area (Å²) >= 11 is 0. The van der Waals surface area contributed by atoms with Crippen molar-refractivity contribution in [3.05, 3.63) is 0 Å². The molecular weight excluding hydrogens is 134 g/mol. The SMILES string of the molecule is CC(C)C[C@H]1CCCCCN1. The quantitative estimate of drug-likeness (QED) is 0.646. The highest BCUT2D eigenvalue weighted by Gasteiger charge is 2.11. The van der Waals surface area contributed by atoms with Gasteiger partial charge in [0.1, 0.15) is 0 Å². The standard InChI is InChI=1S/C10H21N/c1-9(2)8-10-6-4-3-5-7-11-10/h9-11H,3-8H2,1-2H3/t10-/m1/s1. The van der Waals surface area contributed by atoms with E-state index in [0.29, 0.717) is 0 Å². The molecule has 1 fully saturated rings. The lowest BCUT2D eigenvalue weighted by molar-refractivity contribution is 0.414. The Kier molecular flexibility index (Phi) is 3.92. The third kappa shape index (κ3) is 3.76. The van der Waals surface area contributed by atoms with Gasteiger partial charge in [-0.15, -0.1) is 0 Å². The molecule has 1 aliphatic rings. The summed E-state index contributed by atoms with van der Waals surface area (Å²) in [6.45, 7) is 5.87. The van der Waals surface area contributed by atoms with E-state index in [9.17, 15) is 0 Å². The van der Waals surface area contributed by atoms with Crippen LogP contribution in [0.3, 0.4) is 0 Å². The molecule has 0 amide bonds. The molecule has 1 heterocycles. The summed E-state index contributed by atoms with van der Waals surface area (Å²) in [7, 11) is 0. The smallest absolute Gasteiger partial charge is 0.00694 e. The van der Waals surface area contributed by atoms with E-state index >= 15 is 0 Å². The van der Waals surface area contributed by atoms with Crippen molar-refractivity contribution >= 4 is 0 Å². The molecule has 66 valence electrons. The van der Waals surface area contributed by atoms with Gasteiger partial charge in [-0.1, -0.05) is 26.7 Å². The zero-order chi connectivity index (χ0) is 8.10. The van der Waals surface area contributed by atoms with E-state index in [1.54, 1.807) is 0 Å². The predicted octanol–water partition coefficient (Wildman–Crippen LogP) is 2.56. The van der Waals surface area contributed by atoms with Gasteiger partial charge < -0.3 is 5.32 Å². The molecule has 11 heavy (non-hydrogen) atoms. The zero-order valence-electron chi connectivity index (χ0n) is 7.90. The fraction of sp³-hybridized carbons (Fsp3) is 1.00. The molecule has 0 bridgehead atoms. The highest BCUT2D eigenvalue weighted by molar-refractivity contribution is 4.71. The van der Waals surface area contributed by atoms with Crippen LogP contribution in [-0.4, -0.2) is 12.6 Å². The molecule has 1 aliphatic heterocycles. The molecule has 0 aromatic carbocycles. The third-order valence-corrected chi connectivity index (χ3v) is 2.42. The van der Waals surface area contributed by atoms with Gasteiger partial charge in [0.2, 0.25) is 0 Å². The minimum Gasteiger partial charge on any atom is -0.314 e. The summed E-state index contributed by atoms with van der Waals surface area (Å²) in [5, 5.41) is 3.61. The van der Waals surface area contributed by atoms with E-state index in [1.165, 1.54) is 38.6 Å². The second-order valence-electron chi connectivity index (χ2n) is 4.13. The Labute approximate surface area is 70.6 Å². The van der Waals surface area contributed by atoms with Crippen molar-refractivity contribution in [1.29, 1.82) is 0 Å². The zero-order valence-corrected chi connectivity index (χ0v) is 7.90. The predicted molar refractivity (Wildman–Crippen MR) is 49.7 cm³/mol. The van der Waals surface area contributed by atoms with E-state index in [4.69, 9.17) is 0 Å². The van der Waals surface area contributed by atoms with E-state index < -0.39 is 0 Å². The molecule has 0 aromatic rings. The summed E-state index contributed by atoms with van der Waals surface area (Å²) in [6, 6.07) is 0.817. The summed E-state index contributed by atoms with van der Waals surface area (Å²) in [5.41, 5.74) is 0. The van der Waals surface area contributed by atoms with Gasteiger partial charge in [0, 0.05) is 6.04 Å². The maximum atomic E-state index is 3.61. The molecule has 0 radical (unpaired) electrons. The van der Waals surface area contributed by atoms with Crippen LogP contribution in [0.25, 0.3) is 0 Å². The maximum absolute atomic E-state index is 3.61. The second kappa shape index (κ2) is 4.76. The van der Waals surface area contributed by atoms with Gasteiger partial charge >= 0.3 is 0 Å². The van der Waals surface area contributed by atoms with Gasteiger partial charge in [-0.3, -0.25) is 0 Å². The highest BCUT2D eigenvalue weighted by atomic mass is 14.9. The van der Waals surface area contributed by atoms with E-state index in [1.807, 2.05) is 0 Å². The van der Waals surface area contributed by atoms with Crippen molar-refractivity contribution in [3.8, 4) is 0 Å². The molecule has 1 atom stereocenters. The Hall–Kier alpha value is -0.0400. The van der Waals surface area contributed by atoms with Crippen molar-refractivity contribution in [2.24, 2.45) is 5.92 Å². The molecule has 0 aliphatic carbocycles. The Morgan fingerprint density at radius 1 is 1.27 bits per heavy atom. The molecule has 0 saturated carbocycles. The van der Waals surface area contributed by atoms with Crippen LogP contribution in [-0.2, 0) is 0 Å². The van der Waals surface area contributed by atoms with Crippen LogP contribution >= 0.6 is 0 Å². The van der Waals surface area contributed by atoms with Crippen LogP contribution in [0.1, 0.15) is 46.0 Å². The van der Waals surface area contributed by atoms with Gasteiger partial charge in [-0.2, -0.15) is 0 Å². The molecule has 1 nitrogen and oxygen atoms in total. The largest absolute Gasteiger partial charge is 0.314 e. The monoisotopic (exact) mass is 155 g/mol. The van der Waals surface area contributed by atoms with Crippen molar-refractivity contribution in [3.63, 3.8) is 0 Å². The van der Waals surface area contributed by atoms with Crippen molar-refractivity contribution in [1.82, 2.24) is 5.32 Å². The van der Waals surface area contributed by atoms with Crippen molar-refractivity contribution in [2.45, 2.75) is 52.0 Å². The van der Waals surface area contributed by atoms with Gasteiger partial charge in [-0.25, -0.2) is 0 Å². The van der Waals surface area contributed by atoms with Gasteiger partial charge in [-0.05, 0) is 31.7 Å². The van der Waals surface area contributed by atoms with Crippen LogP contribution < -0.4 is 5.32 Å². The maximum Gasteiger partial charge on any atom is 0.00694 e. The topological polar surface area (TPSA) is 12.0 Å². The first-order chi connectivity index (χ1) is 5.29. The van der Waals surface area contributed by atoms with Crippen LogP contribution in [0, 0.1) is 5.92 Å². The molecular formula is C10H21N. The summed E-state index contributed by atoms with van der Waals surface area (Å²) < 4.78 is 0. The van der Waals surface area contributed by atoms with Crippen LogP contribution in [0.4, 0.5) is 0 Å². The molecule has 1 heteroatoms. The number of rotatable bonds is 2. The second-order valence-corrected chi connectivity index (χ2v) is 4.13. The number of hydrogen-bond donors (Lipinski definition) is 1. The molecule has 0 aromatic heterocycles. The number of hydrogen-bond acceptors (Lipinski definition) is 1. The minimum absolute atomic E-state index is 0.817. The lowest BCUT2D eigenvalue weighted by Crippen LogP contribution is -2.29.